The summed E-state index contributed by atoms with van der Waals surface area (Å²) in [5.41, 5.74) is 5.01. The van der Waals surface area contributed by atoms with Gasteiger partial charge in [-0.1, -0.05) is 11.6 Å². The zero-order valence-corrected chi connectivity index (χ0v) is 10.5. The number of nitrogens with two attached hydrogens (primary N) is 1. The molecule has 1 rings (SSSR count). The monoisotopic (exact) mass is 292 g/mol. The summed E-state index contributed by atoms with van der Waals surface area (Å²) in [7, 11) is -1.73. The topological polar surface area (TPSA) is 124 Å². The summed E-state index contributed by atoms with van der Waals surface area (Å²) in [6.45, 7) is 0. The van der Waals surface area contributed by atoms with Crippen molar-refractivity contribution in [3.8, 4) is 0 Å². The molecule has 2 atom stereocenters. The van der Waals surface area contributed by atoms with E-state index >= 15 is 0 Å². The van der Waals surface area contributed by atoms with Gasteiger partial charge in [0.25, 0.3) is 5.69 Å². The summed E-state index contributed by atoms with van der Waals surface area (Å²) in [4.78, 5) is 20.5. The number of carboxylic acid groups (broad SMARTS) is 1. The largest absolute Gasteiger partial charge is 0.480 e. The maximum absolute atomic E-state index is 11.8. The van der Waals surface area contributed by atoms with E-state index in [1.807, 2.05) is 0 Å². The highest BCUT2D eigenvalue weighted by molar-refractivity contribution is 7.85. The van der Waals surface area contributed by atoms with Crippen LogP contribution in [-0.4, -0.2) is 32.0 Å². The lowest BCUT2D eigenvalue weighted by atomic mass is 10.3. The average Bonchev–Trinajstić information content (AvgIpc) is 2.28. The number of nitro groups is 1. The Kier molecular flexibility index (Phi) is 4.76. The van der Waals surface area contributed by atoms with Crippen LogP contribution in [0.2, 0.25) is 5.02 Å². The van der Waals surface area contributed by atoms with Gasteiger partial charge < -0.3 is 10.8 Å². The van der Waals surface area contributed by atoms with Gasteiger partial charge in [-0.2, -0.15) is 0 Å². The number of non-ortho nitro benzene ring substituents is 1. The van der Waals surface area contributed by atoms with Crippen molar-refractivity contribution >= 4 is 34.1 Å². The molecule has 0 fully saturated rings. The van der Waals surface area contributed by atoms with E-state index in [4.69, 9.17) is 22.4 Å². The molecule has 0 aliphatic rings. The van der Waals surface area contributed by atoms with E-state index < -0.39 is 27.7 Å². The number of hydrogen-bond acceptors (Lipinski definition) is 5. The minimum atomic E-state index is -1.73. The SMILES string of the molecule is NC(CS(=O)c1ccc([N+](=O)[O-])cc1Cl)C(=O)O. The smallest absolute Gasteiger partial charge is 0.321 e. The molecule has 1 aromatic carbocycles. The Hall–Kier alpha value is -1.51. The molecule has 0 bridgehead atoms. The van der Waals surface area contributed by atoms with Crippen LogP contribution in [0.15, 0.2) is 23.1 Å². The van der Waals surface area contributed by atoms with Crippen molar-refractivity contribution in [3.63, 3.8) is 0 Å². The predicted molar refractivity (Wildman–Crippen MR) is 65.0 cm³/mol. The second-order valence-electron chi connectivity index (χ2n) is 3.33. The Morgan fingerprint density at radius 2 is 2.22 bits per heavy atom. The molecule has 0 radical (unpaired) electrons. The molecule has 0 spiro atoms. The van der Waals surface area contributed by atoms with Gasteiger partial charge in [-0.3, -0.25) is 19.1 Å². The molecular weight excluding hydrogens is 284 g/mol. The fourth-order valence-electron chi connectivity index (χ4n) is 1.11. The van der Waals surface area contributed by atoms with Gasteiger partial charge in [-0.25, -0.2) is 0 Å². The van der Waals surface area contributed by atoms with Crippen LogP contribution in [0.25, 0.3) is 0 Å². The second-order valence-corrected chi connectivity index (χ2v) is 5.20. The first-order valence-corrected chi connectivity index (χ1v) is 6.33. The van der Waals surface area contributed by atoms with Crippen LogP contribution >= 0.6 is 11.6 Å². The normalized spacial score (nSPS) is 13.9. The molecular formula is C9H9ClN2O5S. The molecule has 0 aromatic heterocycles. The van der Waals surface area contributed by atoms with E-state index in [0.29, 0.717) is 0 Å². The van der Waals surface area contributed by atoms with Crippen LogP contribution in [0.3, 0.4) is 0 Å². The fourth-order valence-corrected chi connectivity index (χ4v) is 2.69. The Balaban J connectivity index is 2.94. The summed E-state index contributed by atoms with van der Waals surface area (Å²) in [6, 6.07) is 2.15. The minimum Gasteiger partial charge on any atom is -0.480 e. The van der Waals surface area contributed by atoms with Gasteiger partial charge in [0, 0.05) is 12.1 Å². The third-order valence-electron chi connectivity index (χ3n) is 2.02. The first kappa shape index (κ1) is 14.6. The molecule has 0 aliphatic carbocycles. The van der Waals surface area contributed by atoms with Gasteiger partial charge in [0.15, 0.2) is 0 Å². The van der Waals surface area contributed by atoms with Crippen molar-refractivity contribution in [2.24, 2.45) is 5.73 Å². The third-order valence-corrected chi connectivity index (χ3v) is 3.95. The Bertz CT molecular complexity index is 522. The fraction of sp³-hybridized carbons (Fsp3) is 0.222. The lowest BCUT2D eigenvalue weighted by Gasteiger charge is -2.07. The van der Waals surface area contributed by atoms with Crippen molar-refractivity contribution in [2.45, 2.75) is 10.9 Å². The first-order chi connectivity index (χ1) is 8.32. The number of benzene rings is 1. The van der Waals surface area contributed by atoms with Crippen molar-refractivity contribution in [1.82, 2.24) is 0 Å². The molecule has 0 heterocycles. The molecule has 0 saturated carbocycles. The molecule has 0 amide bonds. The number of nitro benzene ring substituents is 1. The maximum Gasteiger partial charge on any atom is 0.321 e. The third kappa shape index (κ3) is 3.49. The summed E-state index contributed by atoms with van der Waals surface area (Å²) in [5, 5.41) is 19.0. The van der Waals surface area contributed by atoms with Crippen molar-refractivity contribution in [3.05, 3.63) is 33.3 Å². The molecule has 7 nitrogen and oxygen atoms in total. The Labute approximate surface area is 109 Å². The van der Waals surface area contributed by atoms with Crippen molar-refractivity contribution in [2.75, 3.05) is 5.75 Å². The van der Waals surface area contributed by atoms with E-state index in [2.05, 4.69) is 0 Å². The van der Waals surface area contributed by atoms with Gasteiger partial charge in [0.2, 0.25) is 0 Å². The molecule has 9 heteroatoms. The van der Waals surface area contributed by atoms with Gasteiger partial charge in [-0.15, -0.1) is 0 Å². The van der Waals surface area contributed by atoms with Crippen LogP contribution in [0.1, 0.15) is 0 Å². The summed E-state index contributed by atoms with van der Waals surface area (Å²) in [6.07, 6.45) is 0. The number of carboxylic acids is 1. The van der Waals surface area contributed by atoms with Gasteiger partial charge in [0.1, 0.15) is 6.04 Å². The van der Waals surface area contributed by atoms with E-state index in [9.17, 15) is 19.1 Å². The molecule has 3 N–H and O–H groups in total. The molecule has 0 aliphatic heterocycles. The number of halogens is 1. The standard InChI is InChI=1S/C9H9ClN2O5S/c10-6-3-5(12(15)16)1-2-8(6)18(17)4-7(11)9(13)14/h1-3,7H,4,11H2,(H,13,14). The van der Waals surface area contributed by atoms with Crippen molar-refractivity contribution < 1.29 is 19.0 Å². The van der Waals surface area contributed by atoms with Crippen LogP contribution in [0.4, 0.5) is 5.69 Å². The van der Waals surface area contributed by atoms with E-state index in [-0.39, 0.29) is 21.4 Å². The molecule has 0 saturated heterocycles. The van der Waals surface area contributed by atoms with Crippen LogP contribution in [0, 0.1) is 10.1 Å². The molecule has 18 heavy (non-hydrogen) atoms. The van der Waals surface area contributed by atoms with E-state index in [1.54, 1.807) is 0 Å². The highest BCUT2D eigenvalue weighted by Crippen LogP contribution is 2.25. The lowest BCUT2D eigenvalue weighted by Crippen LogP contribution is -2.35. The maximum atomic E-state index is 11.8. The zero-order chi connectivity index (χ0) is 13.9. The summed E-state index contributed by atoms with van der Waals surface area (Å²) in [5.74, 6) is -1.59. The molecule has 98 valence electrons. The van der Waals surface area contributed by atoms with Gasteiger partial charge in [-0.05, 0) is 6.07 Å². The molecule has 2 unspecified atom stereocenters. The highest BCUT2D eigenvalue weighted by atomic mass is 35.5. The minimum absolute atomic E-state index is 0.0554. The van der Waals surface area contributed by atoms with Gasteiger partial charge >= 0.3 is 5.97 Å². The first-order valence-electron chi connectivity index (χ1n) is 4.63. The number of nitrogens with zero attached hydrogens (tertiary/aromatic N) is 1. The van der Waals surface area contributed by atoms with Crippen molar-refractivity contribution in [1.29, 1.82) is 0 Å². The molecule has 1 aromatic rings. The number of carbonyl (C=O) groups is 1. The van der Waals surface area contributed by atoms with Crippen LogP contribution < -0.4 is 5.73 Å². The van der Waals surface area contributed by atoms with E-state index in [0.717, 1.165) is 12.1 Å². The zero-order valence-electron chi connectivity index (χ0n) is 8.91. The Morgan fingerprint density at radius 1 is 1.61 bits per heavy atom. The highest BCUT2D eigenvalue weighted by Gasteiger charge is 2.19. The quantitative estimate of drug-likeness (QED) is 0.610. The number of hydrogen-bond donors (Lipinski definition) is 2. The van der Waals surface area contributed by atoms with Crippen LogP contribution in [0.5, 0.6) is 0 Å². The van der Waals surface area contributed by atoms with Gasteiger partial charge in [0.05, 0.1) is 31.4 Å². The predicted octanol–water partition coefficient (Wildman–Crippen LogP) is 0.768. The summed E-state index contributed by atoms with van der Waals surface area (Å²) < 4.78 is 11.8. The Morgan fingerprint density at radius 3 is 2.67 bits per heavy atom. The number of rotatable bonds is 5. The average molecular weight is 293 g/mol. The summed E-state index contributed by atoms with van der Waals surface area (Å²) >= 11 is 5.75. The number of aliphatic carboxylic acids is 1. The second kappa shape index (κ2) is 5.89. The van der Waals surface area contributed by atoms with E-state index in [1.165, 1.54) is 6.07 Å². The lowest BCUT2D eigenvalue weighted by molar-refractivity contribution is -0.384. The van der Waals surface area contributed by atoms with Crippen LogP contribution in [-0.2, 0) is 15.6 Å².